The molecule has 1 heterocycles. The van der Waals surface area contributed by atoms with Crippen LogP contribution in [0.1, 0.15) is 33.2 Å². The van der Waals surface area contributed by atoms with Crippen LogP contribution in [-0.4, -0.2) is 29.1 Å². The van der Waals surface area contributed by atoms with Gasteiger partial charge in [-0.05, 0) is 36.8 Å². The number of benzene rings is 2. The number of nitrogens with zero attached hydrogens (tertiary/aromatic N) is 2. The quantitative estimate of drug-likeness (QED) is 0.543. The summed E-state index contributed by atoms with van der Waals surface area (Å²) in [6.45, 7) is 0.153. The molecule has 9 heteroatoms. The largest absolute Gasteiger partial charge is 0.497 e. The molecule has 2 N–H and O–H groups in total. The Labute approximate surface area is 177 Å². The highest BCUT2D eigenvalue weighted by Crippen LogP contribution is 2.18. The minimum absolute atomic E-state index is 0.153. The molecule has 3 rings (SSSR count). The summed E-state index contributed by atoms with van der Waals surface area (Å²) in [6, 6.07) is 13.3. The van der Waals surface area contributed by atoms with Gasteiger partial charge >= 0.3 is 0 Å². The first-order valence-electron chi connectivity index (χ1n) is 9.33. The fourth-order valence-corrected chi connectivity index (χ4v) is 3.41. The monoisotopic (exact) mass is 428 g/mol. The normalized spacial score (nSPS) is 10.5. The lowest BCUT2D eigenvalue weighted by molar-refractivity contribution is -0.121. The highest BCUT2D eigenvalue weighted by molar-refractivity contribution is 7.13. The average molecular weight is 428 g/mol. The molecule has 0 saturated carbocycles. The summed E-state index contributed by atoms with van der Waals surface area (Å²) < 4.78 is 18.6. The Morgan fingerprint density at radius 3 is 2.60 bits per heavy atom. The van der Waals surface area contributed by atoms with E-state index < -0.39 is 0 Å². The van der Waals surface area contributed by atoms with E-state index in [4.69, 9.17) is 4.74 Å². The van der Waals surface area contributed by atoms with Crippen LogP contribution in [0.15, 0.2) is 48.5 Å². The lowest BCUT2D eigenvalue weighted by Gasteiger charge is -2.05. The van der Waals surface area contributed by atoms with Crippen LogP contribution >= 0.6 is 11.3 Å². The second-order valence-corrected chi connectivity index (χ2v) is 7.47. The zero-order valence-corrected chi connectivity index (χ0v) is 17.2. The number of aryl methyl sites for hydroxylation is 1. The highest BCUT2D eigenvalue weighted by Gasteiger charge is 2.13. The van der Waals surface area contributed by atoms with Crippen molar-refractivity contribution in [2.45, 2.75) is 25.8 Å². The number of hydrogen-bond donors (Lipinski definition) is 2. The summed E-state index contributed by atoms with van der Waals surface area (Å²) in [7, 11) is 1.57. The van der Waals surface area contributed by atoms with Crippen molar-refractivity contribution in [2.75, 3.05) is 12.4 Å². The maximum Gasteiger partial charge on any atom is 0.286 e. The molecule has 2 amide bonds. The molecule has 0 aliphatic carbocycles. The standard InChI is InChI=1S/C21H21FN4O3S/c1-29-16-11-9-15(10-12-16)24-20(28)21-26-25-19(30-21)8-4-7-18(27)23-13-14-5-2-3-6-17(14)22/h2-3,5-6,9-12H,4,7-8,13H2,1H3,(H,23,27)(H,24,28). The molecule has 3 aromatic rings. The molecule has 1 aromatic heterocycles. The van der Waals surface area contributed by atoms with E-state index in [1.54, 1.807) is 49.6 Å². The van der Waals surface area contributed by atoms with Crippen LogP contribution in [0, 0.1) is 5.82 Å². The van der Waals surface area contributed by atoms with E-state index in [0.29, 0.717) is 34.8 Å². The van der Waals surface area contributed by atoms with Gasteiger partial charge in [-0.1, -0.05) is 29.5 Å². The zero-order chi connectivity index (χ0) is 21.3. The summed E-state index contributed by atoms with van der Waals surface area (Å²) in [5, 5.41) is 14.3. The Morgan fingerprint density at radius 1 is 1.10 bits per heavy atom. The number of ether oxygens (including phenoxy) is 1. The zero-order valence-electron chi connectivity index (χ0n) is 16.4. The molecular weight excluding hydrogens is 407 g/mol. The van der Waals surface area contributed by atoms with Crippen LogP contribution in [-0.2, 0) is 17.8 Å². The summed E-state index contributed by atoms with van der Waals surface area (Å²) >= 11 is 1.19. The third-order valence-corrected chi connectivity index (χ3v) is 5.22. The van der Waals surface area contributed by atoms with E-state index in [0.717, 1.165) is 0 Å². The summed E-state index contributed by atoms with van der Waals surface area (Å²) in [4.78, 5) is 24.2. The molecule has 0 spiro atoms. The van der Waals surface area contributed by atoms with Crippen molar-refractivity contribution in [3.8, 4) is 5.75 Å². The Balaban J connectivity index is 1.42. The number of methoxy groups -OCH3 is 1. The number of carbonyl (C=O) groups excluding carboxylic acids is 2. The van der Waals surface area contributed by atoms with E-state index in [-0.39, 0.29) is 35.6 Å². The van der Waals surface area contributed by atoms with Crippen LogP contribution in [0.5, 0.6) is 5.75 Å². The predicted octanol–water partition coefficient (Wildman–Crippen LogP) is 3.58. The Kier molecular flexibility index (Phi) is 7.45. The smallest absolute Gasteiger partial charge is 0.286 e. The van der Waals surface area contributed by atoms with Crippen molar-refractivity contribution >= 4 is 28.8 Å². The third-order valence-electron chi connectivity index (χ3n) is 4.24. The Morgan fingerprint density at radius 2 is 1.87 bits per heavy atom. The first-order chi connectivity index (χ1) is 14.5. The fraction of sp³-hybridized carbons (Fsp3) is 0.238. The minimum Gasteiger partial charge on any atom is -0.497 e. The van der Waals surface area contributed by atoms with Gasteiger partial charge in [-0.2, -0.15) is 0 Å². The van der Waals surface area contributed by atoms with E-state index in [2.05, 4.69) is 20.8 Å². The maximum absolute atomic E-state index is 13.5. The molecule has 0 radical (unpaired) electrons. The van der Waals surface area contributed by atoms with Gasteiger partial charge in [0.15, 0.2) is 0 Å². The van der Waals surface area contributed by atoms with Gasteiger partial charge in [0.05, 0.1) is 7.11 Å². The average Bonchev–Trinajstić information content (AvgIpc) is 3.23. The number of hydrogen-bond acceptors (Lipinski definition) is 6. The van der Waals surface area contributed by atoms with Gasteiger partial charge in [-0.15, -0.1) is 10.2 Å². The lowest BCUT2D eigenvalue weighted by atomic mass is 10.2. The van der Waals surface area contributed by atoms with Crippen molar-refractivity contribution in [1.82, 2.24) is 15.5 Å². The van der Waals surface area contributed by atoms with Crippen LogP contribution < -0.4 is 15.4 Å². The summed E-state index contributed by atoms with van der Waals surface area (Å²) in [6.07, 6.45) is 1.36. The molecule has 0 saturated heterocycles. The highest BCUT2D eigenvalue weighted by atomic mass is 32.1. The molecule has 2 aromatic carbocycles. The first-order valence-corrected chi connectivity index (χ1v) is 10.1. The number of halogens is 1. The third kappa shape index (κ3) is 6.08. The van der Waals surface area contributed by atoms with Crippen LogP contribution in [0.25, 0.3) is 0 Å². The van der Waals surface area contributed by atoms with E-state index in [1.165, 1.54) is 17.4 Å². The fourth-order valence-electron chi connectivity index (χ4n) is 2.63. The van der Waals surface area contributed by atoms with Crippen molar-refractivity contribution in [1.29, 1.82) is 0 Å². The number of rotatable bonds is 9. The number of carbonyl (C=O) groups is 2. The summed E-state index contributed by atoms with van der Waals surface area (Å²) in [5.74, 6) is -0.150. The van der Waals surface area contributed by atoms with Gasteiger partial charge in [-0.25, -0.2) is 4.39 Å². The number of anilines is 1. The van der Waals surface area contributed by atoms with E-state index in [9.17, 15) is 14.0 Å². The molecule has 0 unspecified atom stereocenters. The lowest BCUT2D eigenvalue weighted by Crippen LogP contribution is -2.23. The number of aromatic nitrogens is 2. The van der Waals surface area contributed by atoms with Gasteiger partial charge in [0.1, 0.15) is 16.6 Å². The molecule has 0 atom stereocenters. The molecule has 7 nitrogen and oxygen atoms in total. The maximum atomic E-state index is 13.5. The van der Waals surface area contributed by atoms with Crippen LogP contribution in [0.4, 0.5) is 10.1 Å². The van der Waals surface area contributed by atoms with Gasteiger partial charge < -0.3 is 15.4 Å². The van der Waals surface area contributed by atoms with Crippen molar-refractivity contribution < 1.29 is 18.7 Å². The van der Waals surface area contributed by atoms with E-state index in [1.807, 2.05) is 0 Å². The Hall–Kier alpha value is -3.33. The van der Waals surface area contributed by atoms with Gasteiger partial charge in [0.25, 0.3) is 5.91 Å². The second-order valence-electron chi connectivity index (χ2n) is 6.41. The molecule has 30 heavy (non-hydrogen) atoms. The van der Waals surface area contributed by atoms with Crippen molar-refractivity contribution in [3.05, 3.63) is 69.9 Å². The minimum atomic E-state index is -0.341. The number of amides is 2. The SMILES string of the molecule is COc1ccc(NC(=O)c2nnc(CCCC(=O)NCc3ccccc3F)s2)cc1. The first kappa shape index (κ1) is 21.4. The van der Waals surface area contributed by atoms with Crippen LogP contribution in [0.3, 0.4) is 0 Å². The second kappa shape index (κ2) is 10.4. The van der Waals surface area contributed by atoms with Gasteiger partial charge in [0, 0.05) is 30.6 Å². The van der Waals surface area contributed by atoms with Crippen molar-refractivity contribution in [2.24, 2.45) is 0 Å². The molecule has 0 aliphatic rings. The van der Waals surface area contributed by atoms with E-state index >= 15 is 0 Å². The Bertz CT molecular complexity index is 1010. The number of nitrogens with one attached hydrogen (secondary N) is 2. The van der Waals surface area contributed by atoms with Crippen LogP contribution in [0.2, 0.25) is 0 Å². The predicted molar refractivity (Wildman–Crippen MR) is 112 cm³/mol. The van der Waals surface area contributed by atoms with Gasteiger partial charge in [-0.3, -0.25) is 9.59 Å². The topological polar surface area (TPSA) is 93.2 Å². The molecular formula is C21H21FN4O3S. The molecule has 156 valence electrons. The molecule has 0 bridgehead atoms. The van der Waals surface area contributed by atoms with Crippen molar-refractivity contribution in [3.63, 3.8) is 0 Å². The molecule has 0 fully saturated rings. The summed E-state index contributed by atoms with van der Waals surface area (Å²) in [5.41, 5.74) is 1.08. The van der Waals surface area contributed by atoms with Gasteiger partial charge in [0.2, 0.25) is 10.9 Å². The molecule has 0 aliphatic heterocycles.